The minimum absolute atomic E-state index is 0.207. The summed E-state index contributed by atoms with van der Waals surface area (Å²) in [4.78, 5) is 0. The van der Waals surface area contributed by atoms with Crippen LogP contribution in [0.1, 0.15) is 39.5 Å². The Bertz CT molecular complexity index is 1460. The monoisotopic (exact) mass is 640 g/mol. The third kappa shape index (κ3) is 9.90. The molecule has 6 heteroatoms. The summed E-state index contributed by atoms with van der Waals surface area (Å²) in [6.07, 6.45) is 10.7. The third-order valence-corrected chi connectivity index (χ3v) is 10.1. The van der Waals surface area contributed by atoms with Crippen LogP contribution >= 0.6 is 0 Å². The molecule has 4 radical (unpaired) electrons. The molecule has 0 fully saturated rings. The van der Waals surface area contributed by atoms with Gasteiger partial charge in [-0.1, -0.05) is 85.0 Å². The Kier molecular flexibility index (Phi) is 12.7. The van der Waals surface area contributed by atoms with Crippen molar-refractivity contribution in [1.29, 1.82) is 0 Å². The molecule has 4 aromatic rings. The van der Waals surface area contributed by atoms with E-state index >= 15 is 0 Å². The van der Waals surface area contributed by atoms with Gasteiger partial charge in [0.15, 0.2) is 0 Å². The Labute approximate surface area is 280 Å². The van der Waals surface area contributed by atoms with E-state index in [1.165, 1.54) is 0 Å². The maximum atomic E-state index is 6.38. The second-order valence-corrected chi connectivity index (χ2v) is 13.7. The van der Waals surface area contributed by atoms with Crippen LogP contribution < -0.4 is 21.0 Å². The molecule has 0 aliphatic carbocycles. The molecule has 0 aliphatic rings. The summed E-state index contributed by atoms with van der Waals surface area (Å²) < 4.78 is 12.8. The number of nitrogens with one attached hydrogen (secondary N) is 2. The molecular formula is C40H44N2O2Si2. The molecule has 0 atom stereocenters. The second-order valence-electron chi connectivity index (χ2n) is 11.8. The minimum Gasteiger partial charge on any atom is -0.406 e. The SMILES string of the molecule is C=CCC(C)(CC=C)O[Si]c1ccccc1Nc1ccc(-c2ccc(Nc3ccccc3[Si]OC(C)(CC=C)CC=C)cc2)cc1. The van der Waals surface area contributed by atoms with Crippen molar-refractivity contribution >= 4 is 52.6 Å². The van der Waals surface area contributed by atoms with Gasteiger partial charge in [-0.2, -0.15) is 0 Å². The van der Waals surface area contributed by atoms with Crippen molar-refractivity contribution in [2.45, 2.75) is 50.7 Å². The maximum Gasteiger partial charge on any atom is 0.271 e. The van der Waals surface area contributed by atoms with Crippen LogP contribution in [-0.2, 0) is 8.85 Å². The van der Waals surface area contributed by atoms with Crippen LogP contribution in [-0.4, -0.2) is 30.7 Å². The highest BCUT2D eigenvalue weighted by molar-refractivity contribution is 6.50. The van der Waals surface area contributed by atoms with Crippen LogP contribution in [0.25, 0.3) is 11.1 Å². The normalized spacial score (nSPS) is 11.4. The van der Waals surface area contributed by atoms with Gasteiger partial charge in [0.1, 0.15) is 0 Å². The first-order chi connectivity index (χ1) is 22.3. The first-order valence-corrected chi connectivity index (χ1v) is 17.4. The smallest absolute Gasteiger partial charge is 0.271 e. The molecule has 4 nitrogen and oxygen atoms in total. The van der Waals surface area contributed by atoms with Gasteiger partial charge in [-0.05, 0) is 97.4 Å². The molecule has 0 saturated heterocycles. The maximum absolute atomic E-state index is 6.38. The average Bonchev–Trinajstić information content (AvgIpc) is 3.05. The molecule has 2 N–H and O–H groups in total. The first kappa shape index (κ1) is 34.7. The van der Waals surface area contributed by atoms with Crippen molar-refractivity contribution in [2.24, 2.45) is 0 Å². The van der Waals surface area contributed by atoms with Gasteiger partial charge in [0.25, 0.3) is 19.5 Å². The summed E-state index contributed by atoms with van der Waals surface area (Å²) in [6, 6.07) is 33.7. The zero-order chi connectivity index (χ0) is 32.8. The number of rotatable bonds is 19. The van der Waals surface area contributed by atoms with E-state index in [0.717, 1.165) is 69.9 Å². The quantitative estimate of drug-likeness (QED) is 0.0792. The third-order valence-electron chi connectivity index (χ3n) is 7.63. The molecule has 0 aliphatic heterocycles. The molecule has 0 aromatic heterocycles. The van der Waals surface area contributed by atoms with Gasteiger partial charge >= 0.3 is 0 Å². The van der Waals surface area contributed by atoms with E-state index in [1.807, 2.05) is 48.6 Å². The van der Waals surface area contributed by atoms with Gasteiger partial charge in [0, 0.05) is 22.7 Å². The summed E-state index contributed by atoms with van der Waals surface area (Å²) in [6.45, 7) is 19.8. The standard InChI is InChI=1S/C40H44N2O2Si2/c1-7-27-39(5,28-8-2)43-45-37-17-13-11-15-35(37)41-33-23-19-31(20-24-33)32-21-25-34(26-22-32)42-36-16-12-14-18-38(36)46-44-40(6,29-9-3)30-10-4/h7-26,41-42H,1-4,27-30H2,5-6H3. The van der Waals surface area contributed by atoms with Gasteiger partial charge in [-0.15, -0.1) is 26.3 Å². The molecule has 4 aromatic carbocycles. The lowest BCUT2D eigenvalue weighted by atomic mass is 9.99. The summed E-state index contributed by atoms with van der Waals surface area (Å²) in [5.41, 5.74) is 5.82. The molecule has 0 amide bonds. The van der Waals surface area contributed by atoms with Gasteiger partial charge in [-0.3, -0.25) is 0 Å². The van der Waals surface area contributed by atoms with E-state index in [2.05, 4.69) is 124 Å². The highest BCUT2D eigenvalue weighted by Gasteiger charge is 2.24. The number of benzene rings is 4. The van der Waals surface area contributed by atoms with Crippen molar-refractivity contribution in [3.63, 3.8) is 0 Å². The topological polar surface area (TPSA) is 42.5 Å². The fourth-order valence-corrected chi connectivity index (χ4v) is 6.96. The van der Waals surface area contributed by atoms with E-state index in [9.17, 15) is 0 Å². The van der Waals surface area contributed by atoms with Crippen LogP contribution in [0.15, 0.2) is 148 Å². The molecule has 0 unspecified atom stereocenters. The van der Waals surface area contributed by atoms with Gasteiger partial charge in [0.2, 0.25) is 0 Å². The Morgan fingerprint density at radius 3 is 1.17 bits per heavy atom. The molecule has 0 bridgehead atoms. The molecule has 0 heterocycles. The lowest BCUT2D eigenvalue weighted by Crippen LogP contribution is -2.34. The van der Waals surface area contributed by atoms with E-state index < -0.39 is 0 Å². The fourth-order valence-electron chi connectivity index (χ4n) is 5.08. The number of anilines is 4. The van der Waals surface area contributed by atoms with Crippen molar-refractivity contribution in [2.75, 3.05) is 10.6 Å². The molecular weight excluding hydrogens is 597 g/mol. The van der Waals surface area contributed by atoms with Crippen molar-refractivity contribution in [3.05, 3.63) is 148 Å². The lowest BCUT2D eigenvalue weighted by molar-refractivity contribution is 0.104. The zero-order valence-corrected chi connectivity index (χ0v) is 29.0. The highest BCUT2D eigenvalue weighted by Crippen LogP contribution is 2.27. The largest absolute Gasteiger partial charge is 0.406 e. The summed E-state index contributed by atoms with van der Waals surface area (Å²) in [5, 5.41) is 9.43. The van der Waals surface area contributed by atoms with Crippen LogP contribution in [0.3, 0.4) is 0 Å². The molecule has 0 saturated carbocycles. The van der Waals surface area contributed by atoms with Gasteiger partial charge in [-0.25, -0.2) is 0 Å². The van der Waals surface area contributed by atoms with E-state index in [1.54, 1.807) is 0 Å². The number of hydrogen-bond acceptors (Lipinski definition) is 4. The van der Waals surface area contributed by atoms with E-state index in [0.29, 0.717) is 0 Å². The predicted molar refractivity (Wildman–Crippen MR) is 200 cm³/mol. The summed E-state index contributed by atoms with van der Waals surface area (Å²) >= 11 is 0. The Morgan fingerprint density at radius 2 is 0.848 bits per heavy atom. The molecule has 234 valence electrons. The zero-order valence-electron chi connectivity index (χ0n) is 27.0. The van der Waals surface area contributed by atoms with Crippen molar-refractivity contribution in [1.82, 2.24) is 0 Å². The predicted octanol–water partition coefficient (Wildman–Crippen LogP) is 9.18. The Hall–Kier alpha value is -4.21. The van der Waals surface area contributed by atoms with Crippen LogP contribution in [0.4, 0.5) is 22.7 Å². The van der Waals surface area contributed by atoms with E-state index in [4.69, 9.17) is 8.85 Å². The first-order valence-electron chi connectivity index (χ1n) is 15.5. The van der Waals surface area contributed by atoms with Crippen LogP contribution in [0.2, 0.25) is 0 Å². The Balaban J connectivity index is 1.40. The number of para-hydroxylation sites is 2. The fraction of sp³-hybridized carbons (Fsp3) is 0.200. The second kappa shape index (κ2) is 16.9. The lowest BCUT2D eigenvalue weighted by Gasteiger charge is -2.28. The average molecular weight is 641 g/mol. The molecule has 46 heavy (non-hydrogen) atoms. The van der Waals surface area contributed by atoms with Crippen molar-refractivity contribution < 1.29 is 8.85 Å². The van der Waals surface area contributed by atoms with Crippen LogP contribution in [0, 0.1) is 0 Å². The molecule has 4 rings (SSSR count). The van der Waals surface area contributed by atoms with Gasteiger partial charge in [0.05, 0.1) is 11.2 Å². The van der Waals surface area contributed by atoms with Crippen molar-refractivity contribution in [3.8, 4) is 11.1 Å². The number of hydrogen-bond donors (Lipinski definition) is 2. The van der Waals surface area contributed by atoms with E-state index in [-0.39, 0.29) is 30.7 Å². The Morgan fingerprint density at radius 1 is 0.522 bits per heavy atom. The molecule has 0 spiro atoms. The van der Waals surface area contributed by atoms with Gasteiger partial charge < -0.3 is 19.5 Å². The minimum atomic E-state index is -0.307. The van der Waals surface area contributed by atoms with Crippen LogP contribution in [0.5, 0.6) is 0 Å². The highest BCUT2D eigenvalue weighted by atomic mass is 28.2. The summed E-state index contributed by atoms with van der Waals surface area (Å²) in [7, 11) is 0.414. The summed E-state index contributed by atoms with van der Waals surface area (Å²) in [5.74, 6) is 0.